The third-order valence-corrected chi connectivity index (χ3v) is 4.81. The number of hydrogen-bond donors (Lipinski definition) is 1. The molecular weight excluding hydrogens is 226 g/mol. The van der Waals surface area contributed by atoms with Gasteiger partial charge < -0.3 is 5.32 Å². The second-order valence-electron chi connectivity index (χ2n) is 4.90. The molecule has 0 aromatic heterocycles. The summed E-state index contributed by atoms with van der Waals surface area (Å²) in [6, 6.07) is 9.54. The molecule has 2 heteroatoms. The van der Waals surface area contributed by atoms with E-state index in [1.54, 1.807) is 0 Å². The first kappa shape index (κ1) is 13.0. The molecule has 1 nitrogen and oxygen atoms in total. The van der Waals surface area contributed by atoms with Crippen molar-refractivity contribution >= 4 is 11.8 Å². The standard InChI is InChI=1S/C15H23NS/c1-3-17-15-9-5-8-14(15)16-11-13-7-4-6-12(2)10-13/h4,6-7,10,14-16H,3,5,8-9,11H2,1-2H3. The van der Waals surface area contributed by atoms with Crippen molar-refractivity contribution in [2.75, 3.05) is 5.75 Å². The summed E-state index contributed by atoms with van der Waals surface area (Å²) < 4.78 is 0. The highest BCUT2D eigenvalue weighted by molar-refractivity contribution is 7.99. The molecule has 1 aliphatic rings. The Bertz CT molecular complexity index is 351. The van der Waals surface area contributed by atoms with Crippen LogP contribution in [0.3, 0.4) is 0 Å². The van der Waals surface area contributed by atoms with Crippen molar-refractivity contribution in [2.45, 2.75) is 50.9 Å². The van der Waals surface area contributed by atoms with Crippen molar-refractivity contribution in [1.82, 2.24) is 5.32 Å². The van der Waals surface area contributed by atoms with Gasteiger partial charge in [0.2, 0.25) is 0 Å². The van der Waals surface area contributed by atoms with Crippen LogP contribution in [0.1, 0.15) is 37.3 Å². The molecule has 94 valence electrons. The van der Waals surface area contributed by atoms with Gasteiger partial charge >= 0.3 is 0 Å². The molecule has 1 saturated carbocycles. The second-order valence-corrected chi connectivity index (χ2v) is 6.42. The van der Waals surface area contributed by atoms with Crippen LogP contribution in [0.15, 0.2) is 24.3 Å². The Labute approximate surface area is 109 Å². The van der Waals surface area contributed by atoms with Gasteiger partial charge in [-0.1, -0.05) is 43.2 Å². The lowest BCUT2D eigenvalue weighted by Crippen LogP contribution is -2.33. The van der Waals surface area contributed by atoms with E-state index < -0.39 is 0 Å². The van der Waals surface area contributed by atoms with Crippen LogP contribution >= 0.6 is 11.8 Å². The summed E-state index contributed by atoms with van der Waals surface area (Å²) in [5.41, 5.74) is 2.77. The zero-order chi connectivity index (χ0) is 12.1. The van der Waals surface area contributed by atoms with Crippen molar-refractivity contribution in [3.63, 3.8) is 0 Å². The van der Waals surface area contributed by atoms with Crippen LogP contribution in [0.25, 0.3) is 0 Å². The Morgan fingerprint density at radius 1 is 1.35 bits per heavy atom. The summed E-state index contributed by atoms with van der Waals surface area (Å²) >= 11 is 2.12. The van der Waals surface area contributed by atoms with E-state index in [9.17, 15) is 0 Å². The maximum absolute atomic E-state index is 3.74. The molecule has 1 N–H and O–H groups in total. The number of nitrogens with one attached hydrogen (secondary N) is 1. The van der Waals surface area contributed by atoms with Gasteiger partial charge in [-0.2, -0.15) is 11.8 Å². The Morgan fingerprint density at radius 3 is 3.00 bits per heavy atom. The average molecular weight is 249 g/mol. The number of aryl methyl sites for hydroxylation is 1. The van der Waals surface area contributed by atoms with E-state index in [1.807, 2.05) is 0 Å². The summed E-state index contributed by atoms with van der Waals surface area (Å²) in [6.45, 7) is 5.45. The van der Waals surface area contributed by atoms with Gasteiger partial charge in [0.25, 0.3) is 0 Å². The Balaban J connectivity index is 1.85. The van der Waals surface area contributed by atoms with E-state index in [2.05, 4.69) is 55.2 Å². The smallest absolute Gasteiger partial charge is 0.0208 e. The van der Waals surface area contributed by atoms with Gasteiger partial charge in [0.05, 0.1) is 0 Å². The average Bonchev–Trinajstić information content (AvgIpc) is 2.75. The van der Waals surface area contributed by atoms with Crippen LogP contribution < -0.4 is 5.32 Å². The first-order valence-electron chi connectivity index (χ1n) is 6.70. The van der Waals surface area contributed by atoms with Crippen molar-refractivity contribution < 1.29 is 0 Å². The molecule has 0 bridgehead atoms. The minimum Gasteiger partial charge on any atom is -0.309 e. The van der Waals surface area contributed by atoms with E-state index in [-0.39, 0.29) is 0 Å². The lowest BCUT2D eigenvalue weighted by atomic mass is 10.1. The molecule has 0 spiro atoms. The fourth-order valence-corrected chi connectivity index (χ4v) is 3.87. The summed E-state index contributed by atoms with van der Waals surface area (Å²) in [5.74, 6) is 1.24. The molecular formula is C15H23NS. The molecule has 1 aliphatic carbocycles. The van der Waals surface area contributed by atoms with Gasteiger partial charge in [-0.25, -0.2) is 0 Å². The number of hydrogen-bond acceptors (Lipinski definition) is 2. The first-order valence-corrected chi connectivity index (χ1v) is 7.75. The monoisotopic (exact) mass is 249 g/mol. The van der Waals surface area contributed by atoms with Crippen LogP contribution in [0.4, 0.5) is 0 Å². The lowest BCUT2D eigenvalue weighted by molar-refractivity contribution is 0.532. The SMILES string of the molecule is CCSC1CCCC1NCc1cccc(C)c1. The molecule has 0 aliphatic heterocycles. The fourth-order valence-electron chi connectivity index (χ4n) is 2.64. The second kappa shape index (κ2) is 6.46. The summed E-state index contributed by atoms with van der Waals surface area (Å²) in [5, 5.41) is 4.58. The number of thioether (sulfide) groups is 1. The molecule has 2 unspecified atom stereocenters. The molecule has 1 fully saturated rings. The molecule has 2 atom stereocenters. The van der Waals surface area contributed by atoms with Crippen molar-refractivity contribution in [1.29, 1.82) is 0 Å². The minimum absolute atomic E-state index is 0.723. The topological polar surface area (TPSA) is 12.0 Å². The van der Waals surface area contributed by atoms with Crippen LogP contribution in [0, 0.1) is 6.92 Å². The van der Waals surface area contributed by atoms with E-state index in [0.29, 0.717) is 0 Å². The summed E-state index contributed by atoms with van der Waals surface area (Å²) in [4.78, 5) is 0. The highest BCUT2D eigenvalue weighted by atomic mass is 32.2. The fraction of sp³-hybridized carbons (Fsp3) is 0.600. The quantitative estimate of drug-likeness (QED) is 0.853. The normalized spacial score (nSPS) is 24.1. The van der Waals surface area contributed by atoms with E-state index >= 15 is 0 Å². The molecule has 1 aromatic carbocycles. The van der Waals surface area contributed by atoms with Gasteiger partial charge in [0.15, 0.2) is 0 Å². The number of benzene rings is 1. The third-order valence-electron chi connectivity index (χ3n) is 3.48. The molecule has 17 heavy (non-hydrogen) atoms. The predicted octanol–water partition coefficient (Wildman–Crippen LogP) is 3.76. The van der Waals surface area contributed by atoms with Gasteiger partial charge in [-0.3, -0.25) is 0 Å². The molecule has 0 amide bonds. The van der Waals surface area contributed by atoms with Crippen molar-refractivity contribution in [3.05, 3.63) is 35.4 Å². The Kier molecular flexibility index (Phi) is 4.93. The predicted molar refractivity (Wildman–Crippen MR) is 77.6 cm³/mol. The van der Waals surface area contributed by atoms with Crippen LogP contribution in [-0.4, -0.2) is 17.0 Å². The molecule has 0 saturated heterocycles. The summed E-state index contributed by atoms with van der Waals surface area (Å²) in [7, 11) is 0. The van der Waals surface area contributed by atoms with Gasteiger partial charge in [0.1, 0.15) is 0 Å². The maximum Gasteiger partial charge on any atom is 0.0208 e. The molecule has 2 rings (SSSR count). The van der Waals surface area contributed by atoms with E-state index in [0.717, 1.165) is 17.8 Å². The largest absolute Gasteiger partial charge is 0.309 e. The van der Waals surface area contributed by atoms with Crippen LogP contribution in [0.2, 0.25) is 0 Å². The highest BCUT2D eigenvalue weighted by Gasteiger charge is 2.26. The van der Waals surface area contributed by atoms with Gasteiger partial charge in [-0.15, -0.1) is 0 Å². The van der Waals surface area contributed by atoms with Crippen LogP contribution in [-0.2, 0) is 6.54 Å². The lowest BCUT2D eigenvalue weighted by Gasteiger charge is -2.20. The first-order chi connectivity index (χ1) is 8.29. The van der Waals surface area contributed by atoms with E-state index in [4.69, 9.17) is 0 Å². The molecule has 1 aromatic rings. The highest BCUT2D eigenvalue weighted by Crippen LogP contribution is 2.30. The third kappa shape index (κ3) is 3.75. The van der Waals surface area contributed by atoms with Crippen molar-refractivity contribution in [2.24, 2.45) is 0 Å². The van der Waals surface area contributed by atoms with E-state index in [1.165, 1.54) is 36.1 Å². The molecule has 0 heterocycles. The Hall–Kier alpha value is -0.470. The van der Waals surface area contributed by atoms with Gasteiger partial charge in [0, 0.05) is 17.8 Å². The van der Waals surface area contributed by atoms with Gasteiger partial charge in [-0.05, 0) is 31.1 Å². The number of rotatable bonds is 5. The minimum atomic E-state index is 0.723. The Morgan fingerprint density at radius 2 is 2.24 bits per heavy atom. The molecule has 0 radical (unpaired) electrons. The summed E-state index contributed by atoms with van der Waals surface area (Å²) in [6.07, 6.45) is 4.14. The maximum atomic E-state index is 3.74. The zero-order valence-corrected chi connectivity index (χ0v) is 11.7. The zero-order valence-electron chi connectivity index (χ0n) is 10.9. The van der Waals surface area contributed by atoms with Crippen LogP contribution in [0.5, 0.6) is 0 Å². The van der Waals surface area contributed by atoms with Crippen molar-refractivity contribution in [3.8, 4) is 0 Å².